The van der Waals surface area contributed by atoms with Crippen LogP contribution in [0.15, 0.2) is 72.0 Å². The molecule has 0 aliphatic rings. The van der Waals surface area contributed by atoms with Crippen molar-refractivity contribution in [3.63, 3.8) is 0 Å². The standard InChI is InChI=1S/C28H29N9O2/c1-28(2,3)37-16-22(23(35-37)18-9-7-11-30-14-18)33-27(39)32-20-10-6-8-17(12-20)21-13-19-15-31-26(29-4)34-24(19)36(5)25(21)38/h6-16H,1-5H3,(H,29,31,34)(H2,32,33,39). The first kappa shape index (κ1) is 25.6. The molecule has 0 saturated heterocycles. The minimum atomic E-state index is -0.440. The van der Waals surface area contributed by atoms with Gasteiger partial charge >= 0.3 is 6.03 Å². The van der Waals surface area contributed by atoms with E-state index in [0.29, 0.717) is 39.8 Å². The Morgan fingerprint density at radius 2 is 1.79 bits per heavy atom. The summed E-state index contributed by atoms with van der Waals surface area (Å²) in [6, 6.07) is 12.2. The predicted molar refractivity (Wildman–Crippen MR) is 153 cm³/mol. The highest BCUT2D eigenvalue weighted by atomic mass is 16.2. The summed E-state index contributed by atoms with van der Waals surface area (Å²) in [4.78, 5) is 39.1. The zero-order valence-electron chi connectivity index (χ0n) is 22.4. The number of fused-ring (bicyclic) bond motifs is 1. The Morgan fingerprint density at radius 3 is 2.51 bits per heavy atom. The van der Waals surface area contributed by atoms with E-state index in [1.807, 2.05) is 43.7 Å². The average Bonchev–Trinajstić information content (AvgIpc) is 3.35. The van der Waals surface area contributed by atoms with Crippen LogP contribution in [0.2, 0.25) is 0 Å². The molecule has 3 N–H and O–H groups in total. The predicted octanol–water partition coefficient (Wildman–Crippen LogP) is 4.69. The monoisotopic (exact) mass is 523 g/mol. The lowest BCUT2D eigenvalue weighted by Crippen LogP contribution is -2.22. The van der Waals surface area contributed by atoms with Gasteiger partial charge in [-0.15, -0.1) is 0 Å². The summed E-state index contributed by atoms with van der Waals surface area (Å²) in [6.45, 7) is 6.10. The van der Waals surface area contributed by atoms with Crippen molar-refractivity contribution in [1.82, 2.24) is 29.3 Å². The summed E-state index contributed by atoms with van der Waals surface area (Å²) >= 11 is 0. The van der Waals surface area contributed by atoms with Crippen LogP contribution in [-0.2, 0) is 12.6 Å². The summed E-state index contributed by atoms with van der Waals surface area (Å²) in [7, 11) is 3.40. The summed E-state index contributed by atoms with van der Waals surface area (Å²) in [5.74, 6) is 0.433. The number of rotatable bonds is 5. The Balaban J connectivity index is 1.43. The van der Waals surface area contributed by atoms with E-state index in [1.165, 1.54) is 4.57 Å². The van der Waals surface area contributed by atoms with Gasteiger partial charge in [0, 0.05) is 61.1 Å². The molecule has 0 fully saturated rings. The third-order valence-electron chi connectivity index (χ3n) is 6.19. The van der Waals surface area contributed by atoms with Crippen molar-refractivity contribution < 1.29 is 4.79 Å². The molecule has 5 aromatic rings. The lowest BCUT2D eigenvalue weighted by atomic mass is 10.1. The number of hydrogen-bond acceptors (Lipinski definition) is 7. The van der Waals surface area contributed by atoms with Crippen molar-refractivity contribution in [2.45, 2.75) is 26.3 Å². The molecule has 0 bridgehead atoms. The number of urea groups is 1. The molecule has 198 valence electrons. The molecule has 0 radical (unpaired) electrons. The molecule has 39 heavy (non-hydrogen) atoms. The Bertz CT molecular complexity index is 1730. The van der Waals surface area contributed by atoms with Crippen molar-refractivity contribution in [2.75, 3.05) is 23.0 Å². The Labute approximate surface area is 225 Å². The molecule has 0 atom stereocenters. The van der Waals surface area contributed by atoms with Gasteiger partial charge in [-0.3, -0.25) is 19.0 Å². The van der Waals surface area contributed by atoms with E-state index in [0.717, 1.165) is 10.9 Å². The molecule has 11 nitrogen and oxygen atoms in total. The van der Waals surface area contributed by atoms with Gasteiger partial charge < -0.3 is 16.0 Å². The molecule has 0 unspecified atom stereocenters. The summed E-state index contributed by atoms with van der Waals surface area (Å²) in [5, 5.41) is 14.1. The largest absolute Gasteiger partial charge is 0.357 e. The van der Waals surface area contributed by atoms with E-state index < -0.39 is 6.03 Å². The number of carbonyl (C=O) groups is 1. The van der Waals surface area contributed by atoms with Crippen molar-refractivity contribution in [2.24, 2.45) is 7.05 Å². The molecule has 2 amide bonds. The molecule has 5 rings (SSSR count). The highest BCUT2D eigenvalue weighted by molar-refractivity contribution is 6.02. The van der Waals surface area contributed by atoms with Gasteiger partial charge in [-0.25, -0.2) is 9.78 Å². The van der Waals surface area contributed by atoms with Crippen LogP contribution in [0, 0.1) is 0 Å². The molecule has 0 spiro atoms. The van der Waals surface area contributed by atoms with Gasteiger partial charge in [0.05, 0.1) is 11.2 Å². The summed E-state index contributed by atoms with van der Waals surface area (Å²) < 4.78 is 3.30. The van der Waals surface area contributed by atoms with Crippen molar-refractivity contribution in [3.05, 3.63) is 77.6 Å². The fourth-order valence-electron chi connectivity index (χ4n) is 4.15. The fourth-order valence-corrected chi connectivity index (χ4v) is 4.15. The molecular formula is C28H29N9O2. The van der Waals surface area contributed by atoms with E-state index in [9.17, 15) is 9.59 Å². The van der Waals surface area contributed by atoms with Crippen molar-refractivity contribution >= 4 is 34.4 Å². The van der Waals surface area contributed by atoms with Crippen LogP contribution in [0.1, 0.15) is 20.8 Å². The third kappa shape index (κ3) is 5.19. The van der Waals surface area contributed by atoms with Crippen LogP contribution in [0.25, 0.3) is 33.4 Å². The van der Waals surface area contributed by atoms with Crippen molar-refractivity contribution in [3.8, 4) is 22.4 Å². The van der Waals surface area contributed by atoms with Crippen molar-refractivity contribution in [1.29, 1.82) is 0 Å². The topological polar surface area (TPSA) is 132 Å². The highest BCUT2D eigenvalue weighted by Crippen LogP contribution is 2.29. The maximum absolute atomic E-state index is 13.2. The maximum Gasteiger partial charge on any atom is 0.323 e. The van der Waals surface area contributed by atoms with Gasteiger partial charge in [-0.05, 0) is 56.7 Å². The number of carbonyl (C=O) groups excluding carboxylic acids is 1. The normalized spacial score (nSPS) is 11.4. The summed E-state index contributed by atoms with van der Waals surface area (Å²) in [5.41, 5.74) is 3.65. The van der Waals surface area contributed by atoms with Gasteiger partial charge in [0.2, 0.25) is 5.95 Å². The van der Waals surface area contributed by atoms with Gasteiger partial charge in [0.25, 0.3) is 5.56 Å². The van der Waals surface area contributed by atoms with Gasteiger partial charge in [-0.2, -0.15) is 10.1 Å². The second kappa shape index (κ2) is 10.0. The lowest BCUT2D eigenvalue weighted by molar-refractivity contribution is 0.262. The quantitative estimate of drug-likeness (QED) is 0.304. The third-order valence-corrected chi connectivity index (χ3v) is 6.19. The minimum absolute atomic E-state index is 0.208. The number of nitrogens with zero attached hydrogens (tertiary/aromatic N) is 6. The first-order valence-electron chi connectivity index (χ1n) is 12.4. The van der Waals surface area contributed by atoms with Crippen LogP contribution < -0.4 is 21.5 Å². The molecule has 4 aromatic heterocycles. The SMILES string of the molecule is CNc1ncc2cc(-c3cccc(NC(=O)Nc4cn(C(C)(C)C)nc4-c4cccnc4)c3)c(=O)n(C)c2n1. The van der Waals surface area contributed by atoms with Crippen LogP contribution in [-0.4, -0.2) is 42.4 Å². The number of amides is 2. The van der Waals surface area contributed by atoms with E-state index in [4.69, 9.17) is 5.10 Å². The highest BCUT2D eigenvalue weighted by Gasteiger charge is 2.21. The number of aryl methyl sites for hydroxylation is 1. The van der Waals surface area contributed by atoms with E-state index in [-0.39, 0.29) is 11.1 Å². The van der Waals surface area contributed by atoms with Gasteiger partial charge in [0.1, 0.15) is 11.3 Å². The average molecular weight is 524 g/mol. The van der Waals surface area contributed by atoms with Gasteiger partial charge in [0.15, 0.2) is 0 Å². The van der Waals surface area contributed by atoms with E-state index >= 15 is 0 Å². The minimum Gasteiger partial charge on any atom is -0.357 e. The van der Waals surface area contributed by atoms with Crippen LogP contribution >= 0.6 is 0 Å². The number of aromatic nitrogens is 6. The Kier molecular flexibility index (Phi) is 6.57. The molecule has 4 heterocycles. The molecule has 1 aromatic carbocycles. The smallest absolute Gasteiger partial charge is 0.323 e. The van der Waals surface area contributed by atoms with E-state index in [1.54, 1.807) is 63.1 Å². The Hall–Kier alpha value is -5.06. The second-order valence-corrected chi connectivity index (χ2v) is 10.1. The van der Waals surface area contributed by atoms with Gasteiger partial charge in [-0.1, -0.05) is 12.1 Å². The maximum atomic E-state index is 13.2. The molecule has 0 aliphatic heterocycles. The van der Waals surface area contributed by atoms with Crippen LogP contribution in [0.4, 0.5) is 22.1 Å². The van der Waals surface area contributed by atoms with Crippen LogP contribution in [0.5, 0.6) is 0 Å². The zero-order chi connectivity index (χ0) is 27.7. The second-order valence-electron chi connectivity index (χ2n) is 10.1. The Morgan fingerprint density at radius 1 is 1.00 bits per heavy atom. The van der Waals surface area contributed by atoms with E-state index in [2.05, 4.69) is 30.9 Å². The molecule has 11 heteroatoms. The first-order valence-corrected chi connectivity index (χ1v) is 12.4. The first-order chi connectivity index (χ1) is 18.6. The fraction of sp³-hybridized carbons (Fsp3) is 0.214. The number of hydrogen-bond donors (Lipinski definition) is 3. The summed E-state index contributed by atoms with van der Waals surface area (Å²) in [6.07, 6.45) is 6.87. The molecule has 0 saturated carbocycles. The number of anilines is 3. The van der Waals surface area contributed by atoms with Crippen LogP contribution in [0.3, 0.4) is 0 Å². The number of nitrogens with one attached hydrogen (secondary N) is 3. The number of benzene rings is 1. The number of pyridine rings is 2. The molecule has 0 aliphatic carbocycles. The molecular weight excluding hydrogens is 494 g/mol. The lowest BCUT2D eigenvalue weighted by Gasteiger charge is -2.18. The zero-order valence-corrected chi connectivity index (χ0v) is 22.4.